The molecule has 1 atom stereocenters. The lowest BCUT2D eigenvalue weighted by atomic mass is 9.97. The van der Waals surface area contributed by atoms with E-state index in [-0.39, 0.29) is 30.2 Å². The van der Waals surface area contributed by atoms with Gasteiger partial charge in [0.25, 0.3) is 5.91 Å². The van der Waals surface area contributed by atoms with E-state index >= 15 is 0 Å². The van der Waals surface area contributed by atoms with E-state index < -0.39 is 0 Å². The minimum Gasteiger partial charge on any atom is -0.497 e. The molecule has 2 heterocycles. The van der Waals surface area contributed by atoms with Crippen molar-refractivity contribution >= 4 is 17.7 Å². The number of hydrogen-bond acceptors (Lipinski definition) is 5. The zero-order valence-electron chi connectivity index (χ0n) is 17.4. The highest BCUT2D eigenvalue weighted by Gasteiger charge is 2.29. The highest BCUT2D eigenvalue weighted by Crippen LogP contribution is 2.30. The van der Waals surface area contributed by atoms with Gasteiger partial charge in [-0.05, 0) is 37.1 Å². The molecule has 0 spiro atoms. The zero-order valence-corrected chi connectivity index (χ0v) is 17.4. The van der Waals surface area contributed by atoms with Crippen LogP contribution in [-0.4, -0.2) is 66.4 Å². The van der Waals surface area contributed by atoms with Gasteiger partial charge in [-0.1, -0.05) is 0 Å². The normalized spacial score (nSPS) is 16.1. The van der Waals surface area contributed by atoms with Crippen LogP contribution < -0.4 is 15.4 Å². The van der Waals surface area contributed by atoms with Gasteiger partial charge in [-0.25, -0.2) is 4.98 Å². The zero-order chi connectivity index (χ0) is 21.7. The van der Waals surface area contributed by atoms with Gasteiger partial charge in [0.15, 0.2) is 0 Å². The quantitative estimate of drug-likeness (QED) is 0.660. The van der Waals surface area contributed by atoms with Crippen LogP contribution in [0.15, 0.2) is 24.3 Å². The van der Waals surface area contributed by atoms with E-state index in [4.69, 9.17) is 9.72 Å². The summed E-state index contributed by atoms with van der Waals surface area (Å²) >= 11 is 0. The molecule has 30 heavy (non-hydrogen) atoms. The van der Waals surface area contributed by atoms with Gasteiger partial charge in [-0.15, -0.1) is 0 Å². The van der Waals surface area contributed by atoms with E-state index in [2.05, 4.69) is 15.6 Å². The van der Waals surface area contributed by atoms with Gasteiger partial charge in [0.1, 0.15) is 23.0 Å². The van der Waals surface area contributed by atoms with Crippen molar-refractivity contribution < 1.29 is 19.1 Å². The number of amides is 3. The number of carbonyl (C=O) groups excluding carboxylic acids is 3. The lowest BCUT2D eigenvalue weighted by Crippen LogP contribution is -2.44. The lowest BCUT2D eigenvalue weighted by molar-refractivity contribution is -0.133. The van der Waals surface area contributed by atoms with Crippen molar-refractivity contribution in [2.75, 3.05) is 33.8 Å². The number of ether oxygens (including phenoxy) is 1. The van der Waals surface area contributed by atoms with Crippen LogP contribution >= 0.6 is 0 Å². The molecule has 0 unspecified atom stereocenters. The molecule has 1 aliphatic heterocycles. The number of likely N-dealkylation sites (tertiary alicyclic amines) is 1. The second-order valence-electron chi connectivity index (χ2n) is 7.24. The predicted octanol–water partition coefficient (Wildman–Crippen LogP) is 1.29. The molecule has 0 saturated carbocycles. The monoisotopic (exact) mass is 413 g/mol. The molecule has 1 saturated heterocycles. The maximum atomic E-state index is 12.4. The topological polar surface area (TPSA) is 116 Å². The van der Waals surface area contributed by atoms with E-state index in [1.165, 1.54) is 6.92 Å². The molecule has 1 aliphatic rings. The lowest BCUT2D eigenvalue weighted by Gasteiger charge is -2.32. The number of aromatic nitrogens is 2. The Morgan fingerprint density at radius 2 is 2.00 bits per heavy atom. The van der Waals surface area contributed by atoms with E-state index in [0.717, 1.165) is 24.2 Å². The molecule has 1 fully saturated rings. The van der Waals surface area contributed by atoms with Crippen LogP contribution in [0.4, 0.5) is 0 Å². The summed E-state index contributed by atoms with van der Waals surface area (Å²) < 4.78 is 5.20. The second-order valence-corrected chi connectivity index (χ2v) is 7.24. The van der Waals surface area contributed by atoms with Crippen LogP contribution in [0.5, 0.6) is 5.75 Å². The summed E-state index contributed by atoms with van der Waals surface area (Å²) in [5.74, 6) is 0.767. The van der Waals surface area contributed by atoms with Gasteiger partial charge in [0.2, 0.25) is 11.8 Å². The van der Waals surface area contributed by atoms with Crippen molar-refractivity contribution in [1.82, 2.24) is 25.5 Å². The summed E-state index contributed by atoms with van der Waals surface area (Å²) in [7, 11) is 3.17. The summed E-state index contributed by atoms with van der Waals surface area (Å²) in [5.41, 5.74) is 1.75. The number of piperidine rings is 1. The number of hydrogen-bond donors (Lipinski definition) is 3. The molecule has 3 rings (SSSR count). The average molecular weight is 413 g/mol. The number of nitrogens with zero attached hydrogens (tertiary/aromatic N) is 2. The first kappa shape index (κ1) is 21.4. The summed E-state index contributed by atoms with van der Waals surface area (Å²) in [4.78, 5) is 45.6. The van der Waals surface area contributed by atoms with E-state index in [9.17, 15) is 14.4 Å². The molecule has 2 aromatic rings. The Kier molecular flexibility index (Phi) is 6.71. The standard InChI is InChI=1S/C21H27N5O4/c1-13(27)23-11-17(28)26-10-4-5-15(12-26)20-24-18(19(25-20)21(29)22-2)14-6-8-16(30-3)9-7-14/h6-9,15H,4-5,10-12H2,1-3H3,(H,22,29)(H,23,27)(H,24,25)/t15-/m0/s1. The maximum absolute atomic E-state index is 12.4. The van der Waals surface area contributed by atoms with Crippen LogP contribution in [0.3, 0.4) is 0 Å². The van der Waals surface area contributed by atoms with Crippen molar-refractivity contribution in [2.45, 2.75) is 25.7 Å². The van der Waals surface area contributed by atoms with Crippen LogP contribution in [0, 0.1) is 0 Å². The largest absolute Gasteiger partial charge is 0.497 e. The second kappa shape index (κ2) is 9.43. The smallest absolute Gasteiger partial charge is 0.269 e. The van der Waals surface area contributed by atoms with Crippen LogP contribution in [-0.2, 0) is 9.59 Å². The van der Waals surface area contributed by atoms with Gasteiger partial charge in [-0.3, -0.25) is 14.4 Å². The number of H-pyrrole nitrogens is 1. The Morgan fingerprint density at radius 1 is 1.27 bits per heavy atom. The van der Waals surface area contributed by atoms with Crippen molar-refractivity contribution in [3.63, 3.8) is 0 Å². The summed E-state index contributed by atoms with van der Waals surface area (Å²) in [5, 5.41) is 5.19. The Labute approximate surface area is 175 Å². The van der Waals surface area contributed by atoms with Crippen molar-refractivity contribution in [2.24, 2.45) is 0 Å². The highest BCUT2D eigenvalue weighted by molar-refractivity contribution is 5.98. The highest BCUT2D eigenvalue weighted by atomic mass is 16.5. The molecule has 3 N–H and O–H groups in total. The molecule has 0 aliphatic carbocycles. The Morgan fingerprint density at radius 3 is 2.63 bits per heavy atom. The van der Waals surface area contributed by atoms with E-state index in [0.29, 0.717) is 30.3 Å². The number of carbonyl (C=O) groups is 3. The minimum atomic E-state index is -0.256. The molecule has 0 radical (unpaired) electrons. The Balaban J connectivity index is 1.84. The number of imidazole rings is 1. The summed E-state index contributed by atoms with van der Waals surface area (Å²) in [6.45, 7) is 2.50. The first-order chi connectivity index (χ1) is 14.4. The molecule has 9 nitrogen and oxygen atoms in total. The minimum absolute atomic E-state index is 0.0131. The Bertz CT molecular complexity index is 922. The molecule has 9 heteroatoms. The molecule has 0 bridgehead atoms. The molecule has 1 aromatic carbocycles. The van der Waals surface area contributed by atoms with Gasteiger partial charge in [0.05, 0.1) is 13.7 Å². The molecule has 160 valence electrons. The first-order valence-electron chi connectivity index (χ1n) is 9.91. The van der Waals surface area contributed by atoms with Crippen LogP contribution in [0.25, 0.3) is 11.3 Å². The fraction of sp³-hybridized carbons (Fsp3) is 0.429. The van der Waals surface area contributed by atoms with Crippen LogP contribution in [0.1, 0.15) is 42.0 Å². The third-order valence-corrected chi connectivity index (χ3v) is 5.19. The number of methoxy groups -OCH3 is 1. The predicted molar refractivity (Wildman–Crippen MR) is 111 cm³/mol. The number of rotatable bonds is 6. The third kappa shape index (κ3) is 4.79. The van der Waals surface area contributed by atoms with Crippen molar-refractivity contribution in [3.8, 4) is 17.0 Å². The summed E-state index contributed by atoms with van der Waals surface area (Å²) in [6.07, 6.45) is 1.68. The summed E-state index contributed by atoms with van der Waals surface area (Å²) in [6, 6.07) is 7.35. The van der Waals surface area contributed by atoms with Gasteiger partial charge in [0, 0.05) is 38.5 Å². The molecule has 1 aromatic heterocycles. The van der Waals surface area contributed by atoms with Crippen LogP contribution in [0.2, 0.25) is 0 Å². The maximum Gasteiger partial charge on any atom is 0.269 e. The first-order valence-corrected chi connectivity index (χ1v) is 9.91. The van der Waals surface area contributed by atoms with Gasteiger partial charge < -0.3 is 25.3 Å². The SMILES string of the molecule is CNC(=O)c1[nH]c([C@H]2CCCN(C(=O)CNC(C)=O)C2)nc1-c1ccc(OC)cc1. The van der Waals surface area contributed by atoms with Crippen molar-refractivity contribution in [1.29, 1.82) is 0 Å². The number of nitrogens with one attached hydrogen (secondary N) is 3. The van der Waals surface area contributed by atoms with Gasteiger partial charge in [-0.2, -0.15) is 0 Å². The fourth-order valence-corrected chi connectivity index (χ4v) is 3.57. The Hall–Kier alpha value is -3.36. The fourth-order valence-electron chi connectivity index (χ4n) is 3.57. The van der Waals surface area contributed by atoms with E-state index in [1.807, 2.05) is 24.3 Å². The molecular formula is C21H27N5O4. The average Bonchev–Trinajstić information content (AvgIpc) is 3.22. The molecular weight excluding hydrogens is 386 g/mol. The number of benzene rings is 1. The third-order valence-electron chi connectivity index (χ3n) is 5.19. The van der Waals surface area contributed by atoms with Crippen molar-refractivity contribution in [3.05, 3.63) is 35.8 Å². The molecule has 3 amide bonds. The van der Waals surface area contributed by atoms with Gasteiger partial charge >= 0.3 is 0 Å². The number of aromatic amines is 1. The van der Waals surface area contributed by atoms with E-state index in [1.54, 1.807) is 19.1 Å².